The van der Waals surface area contributed by atoms with Crippen LogP contribution in [-0.4, -0.2) is 35.0 Å². The third-order valence-electron chi connectivity index (χ3n) is 2.53. The number of nitrogens with one attached hydrogen (secondary N) is 1. The molecule has 0 unspecified atom stereocenters. The van der Waals surface area contributed by atoms with Crippen LogP contribution in [0, 0.1) is 5.82 Å². The standard InChI is InChI=1S/C10H9Cl2FN4O2S/c1-17(4-8-14-5-15-16-8)20(18,19)7-3-2-6(11)10(13)9(7)12/h2-3,5H,4H2,1H3,(H,14,15,16). The van der Waals surface area contributed by atoms with Crippen molar-refractivity contribution in [2.24, 2.45) is 0 Å². The van der Waals surface area contributed by atoms with E-state index in [1.807, 2.05) is 0 Å². The maximum atomic E-state index is 13.6. The number of halogens is 3. The zero-order chi connectivity index (χ0) is 14.9. The molecule has 0 spiro atoms. The molecule has 0 aliphatic rings. The van der Waals surface area contributed by atoms with E-state index in [9.17, 15) is 12.8 Å². The van der Waals surface area contributed by atoms with Crippen LogP contribution in [-0.2, 0) is 16.6 Å². The van der Waals surface area contributed by atoms with Crippen LogP contribution in [0.1, 0.15) is 5.82 Å². The van der Waals surface area contributed by atoms with E-state index in [1.165, 1.54) is 13.4 Å². The first-order chi connectivity index (χ1) is 9.34. The van der Waals surface area contributed by atoms with E-state index in [0.29, 0.717) is 5.82 Å². The van der Waals surface area contributed by atoms with E-state index in [0.717, 1.165) is 16.4 Å². The summed E-state index contributed by atoms with van der Waals surface area (Å²) in [6.45, 7) is -0.0527. The maximum absolute atomic E-state index is 13.6. The quantitative estimate of drug-likeness (QED) is 0.865. The minimum Gasteiger partial charge on any atom is -0.262 e. The van der Waals surface area contributed by atoms with Crippen molar-refractivity contribution in [3.05, 3.63) is 40.1 Å². The molecule has 0 saturated heterocycles. The van der Waals surface area contributed by atoms with Crippen LogP contribution in [0.4, 0.5) is 4.39 Å². The van der Waals surface area contributed by atoms with E-state index in [-0.39, 0.29) is 16.5 Å². The second-order valence-electron chi connectivity index (χ2n) is 3.87. The lowest BCUT2D eigenvalue weighted by Gasteiger charge is -2.17. The molecule has 0 aliphatic heterocycles. The summed E-state index contributed by atoms with van der Waals surface area (Å²) in [7, 11) is -2.65. The molecule has 0 atom stereocenters. The normalized spacial score (nSPS) is 12.1. The third kappa shape index (κ3) is 2.78. The van der Waals surface area contributed by atoms with Gasteiger partial charge in [-0.25, -0.2) is 17.8 Å². The first kappa shape index (κ1) is 15.2. The highest BCUT2D eigenvalue weighted by Gasteiger charge is 2.26. The van der Waals surface area contributed by atoms with Crippen molar-refractivity contribution >= 4 is 33.2 Å². The first-order valence-corrected chi connectivity index (χ1v) is 7.47. The molecule has 20 heavy (non-hydrogen) atoms. The van der Waals surface area contributed by atoms with Gasteiger partial charge in [0.1, 0.15) is 17.0 Å². The zero-order valence-electron chi connectivity index (χ0n) is 10.1. The SMILES string of the molecule is CN(Cc1ncn[nH]1)S(=O)(=O)c1ccc(Cl)c(F)c1Cl. The van der Waals surface area contributed by atoms with E-state index in [1.54, 1.807) is 0 Å². The zero-order valence-corrected chi connectivity index (χ0v) is 12.5. The molecule has 1 N–H and O–H groups in total. The lowest BCUT2D eigenvalue weighted by Crippen LogP contribution is -2.27. The molecule has 0 saturated carbocycles. The highest BCUT2D eigenvalue weighted by molar-refractivity contribution is 7.89. The minimum atomic E-state index is -3.97. The Labute approximate surface area is 124 Å². The summed E-state index contributed by atoms with van der Waals surface area (Å²) in [5, 5.41) is 5.36. The molecular formula is C10H9Cl2FN4O2S. The van der Waals surface area contributed by atoms with Crippen LogP contribution in [0.3, 0.4) is 0 Å². The first-order valence-electron chi connectivity index (χ1n) is 5.28. The largest absolute Gasteiger partial charge is 0.262 e. The van der Waals surface area contributed by atoms with E-state index >= 15 is 0 Å². The topological polar surface area (TPSA) is 79.0 Å². The third-order valence-corrected chi connectivity index (χ3v) is 5.14. The van der Waals surface area contributed by atoms with Crippen molar-refractivity contribution < 1.29 is 12.8 Å². The monoisotopic (exact) mass is 338 g/mol. The van der Waals surface area contributed by atoms with Gasteiger partial charge in [0.25, 0.3) is 0 Å². The molecule has 6 nitrogen and oxygen atoms in total. The van der Waals surface area contributed by atoms with Crippen LogP contribution in [0.15, 0.2) is 23.4 Å². The highest BCUT2D eigenvalue weighted by atomic mass is 35.5. The fraction of sp³-hybridized carbons (Fsp3) is 0.200. The molecule has 2 rings (SSSR count). The van der Waals surface area contributed by atoms with Crippen LogP contribution >= 0.6 is 23.2 Å². The van der Waals surface area contributed by atoms with Gasteiger partial charge in [0, 0.05) is 7.05 Å². The molecular weight excluding hydrogens is 330 g/mol. The van der Waals surface area contributed by atoms with Crippen LogP contribution in [0.5, 0.6) is 0 Å². The predicted molar refractivity (Wildman–Crippen MR) is 71.5 cm³/mol. The molecule has 10 heteroatoms. The van der Waals surface area contributed by atoms with E-state index in [2.05, 4.69) is 15.2 Å². The second-order valence-corrected chi connectivity index (χ2v) is 6.67. The number of benzene rings is 1. The number of aromatic nitrogens is 3. The average Bonchev–Trinajstić information content (AvgIpc) is 2.88. The number of nitrogens with zero attached hydrogens (tertiary/aromatic N) is 3. The molecule has 2 aromatic rings. The molecule has 1 aromatic heterocycles. The summed E-state index contributed by atoms with van der Waals surface area (Å²) in [6.07, 6.45) is 1.25. The highest BCUT2D eigenvalue weighted by Crippen LogP contribution is 2.31. The van der Waals surface area contributed by atoms with Crippen molar-refractivity contribution in [3.8, 4) is 0 Å². The van der Waals surface area contributed by atoms with Gasteiger partial charge in [-0.3, -0.25) is 5.10 Å². The average molecular weight is 339 g/mol. The summed E-state index contributed by atoms with van der Waals surface area (Å²) in [5.41, 5.74) is 0. The van der Waals surface area contributed by atoms with Crippen LogP contribution in [0.25, 0.3) is 0 Å². The Morgan fingerprint density at radius 1 is 1.40 bits per heavy atom. The van der Waals surface area contributed by atoms with Gasteiger partial charge in [-0.05, 0) is 12.1 Å². The van der Waals surface area contributed by atoms with Crippen molar-refractivity contribution in [2.45, 2.75) is 11.4 Å². The van der Waals surface area contributed by atoms with Gasteiger partial charge in [0.15, 0.2) is 5.82 Å². The van der Waals surface area contributed by atoms with Crippen LogP contribution in [0.2, 0.25) is 10.0 Å². The van der Waals surface area contributed by atoms with Gasteiger partial charge in [-0.2, -0.15) is 9.40 Å². The second kappa shape index (κ2) is 5.65. The Balaban J connectivity index is 2.37. The van der Waals surface area contributed by atoms with Crippen molar-refractivity contribution in [1.82, 2.24) is 19.5 Å². The Morgan fingerprint density at radius 2 is 2.10 bits per heavy atom. The smallest absolute Gasteiger partial charge is 0.244 e. The molecule has 1 aromatic carbocycles. The Morgan fingerprint density at radius 3 is 2.70 bits per heavy atom. The summed E-state index contributed by atoms with van der Waals surface area (Å²) >= 11 is 11.2. The lowest BCUT2D eigenvalue weighted by molar-refractivity contribution is 0.456. The molecule has 1 heterocycles. The van der Waals surface area contributed by atoms with Crippen molar-refractivity contribution in [3.63, 3.8) is 0 Å². The molecule has 0 bridgehead atoms. The maximum Gasteiger partial charge on any atom is 0.244 e. The Bertz CT molecular complexity index is 721. The van der Waals surface area contributed by atoms with Gasteiger partial charge < -0.3 is 0 Å². The molecule has 0 fully saturated rings. The number of hydrogen-bond acceptors (Lipinski definition) is 4. The van der Waals surface area contributed by atoms with Crippen molar-refractivity contribution in [1.29, 1.82) is 0 Å². The fourth-order valence-corrected chi connectivity index (χ4v) is 3.33. The van der Waals surface area contributed by atoms with Gasteiger partial charge in [0.2, 0.25) is 10.0 Å². The molecule has 0 amide bonds. The van der Waals surface area contributed by atoms with E-state index < -0.39 is 20.9 Å². The molecule has 0 radical (unpaired) electrons. The summed E-state index contributed by atoms with van der Waals surface area (Å²) < 4.78 is 39.2. The summed E-state index contributed by atoms with van der Waals surface area (Å²) in [5.74, 6) is -0.621. The van der Waals surface area contributed by atoms with Gasteiger partial charge in [-0.15, -0.1) is 0 Å². The van der Waals surface area contributed by atoms with Gasteiger partial charge >= 0.3 is 0 Å². The Kier molecular flexibility index (Phi) is 4.28. The van der Waals surface area contributed by atoms with Gasteiger partial charge in [-0.1, -0.05) is 23.2 Å². The van der Waals surface area contributed by atoms with Crippen molar-refractivity contribution in [2.75, 3.05) is 7.05 Å². The Hall–Kier alpha value is -1.22. The van der Waals surface area contributed by atoms with E-state index in [4.69, 9.17) is 23.2 Å². The fourth-order valence-electron chi connectivity index (χ4n) is 1.48. The number of aromatic amines is 1. The predicted octanol–water partition coefficient (Wildman–Crippen LogP) is 2.07. The summed E-state index contributed by atoms with van der Waals surface area (Å²) in [4.78, 5) is 3.46. The number of H-pyrrole nitrogens is 1. The molecule has 0 aliphatic carbocycles. The lowest BCUT2D eigenvalue weighted by atomic mass is 10.3. The van der Waals surface area contributed by atoms with Gasteiger partial charge in [0.05, 0.1) is 16.6 Å². The minimum absolute atomic E-state index is 0.0527. The molecule has 108 valence electrons. The number of sulfonamides is 1. The summed E-state index contributed by atoms with van der Waals surface area (Å²) in [6, 6.07) is 2.29. The number of rotatable bonds is 4. The number of hydrogen-bond donors (Lipinski definition) is 1. The van der Waals surface area contributed by atoms with Crippen LogP contribution < -0.4 is 0 Å².